The van der Waals surface area contributed by atoms with Crippen molar-refractivity contribution in [2.24, 2.45) is 11.3 Å². The summed E-state index contributed by atoms with van der Waals surface area (Å²) < 4.78 is 7.53. The summed E-state index contributed by atoms with van der Waals surface area (Å²) in [5.74, 6) is 1.35. The van der Waals surface area contributed by atoms with Gasteiger partial charge < -0.3 is 19.6 Å². The first-order valence-corrected chi connectivity index (χ1v) is 13.8. The highest BCUT2D eigenvalue weighted by atomic mass is 16.3. The number of furan rings is 1. The van der Waals surface area contributed by atoms with Gasteiger partial charge in [-0.1, -0.05) is 44.6 Å². The summed E-state index contributed by atoms with van der Waals surface area (Å²) in [7, 11) is 0. The van der Waals surface area contributed by atoms with Gasteiger partial charge in [-0.25, -0.2) is 0 Å². The van der Waals surface area contributed by atoms with Crippen molar-refractivity contribution < 1.29 is 14.0 Å². The molecule has 2 unspecified atom stereocenters. The van der Waals surface area contributed by atoms with E-state index in [0.717, 1.165) is 56.5 Å². The molecule has 2 N–H and O–H groups in total. The molecule has 0 aromatic carbocycles. The lowest BCUT2D eigenvalue weighted by atomic mass is 9.82. The molecule has 0 fully saturated rings. The monoisotopic (exact) mass is 509 g/mol. The smallest absolute Gasteiger partial charge is 0.220 e. The molecule has 0 aliphatic carbocycles. The zero-order valence-corrected chi connectivity index (χ0v) is 23.3. The van der Waals surface area contributed by atoms with Gasteiger partial charge in [-0.05, 0) is 81.5 Å². The van der Waals surface area contributed by atoms with Crippen LogP contribution < -0.4 is 10.6 Å². The van der Waals surface area contributed by atoms with Crippen LogP contribution in [0.25, 0.3) is 0 Å². The van der Waals surface area contributed by atoms with Crippen molar-refractivity contribution in [3.05, 3.63) is 72.5 Å². The van der Waals surface area contributed by atoms with Crippen LogP contribution in [-0.4, -0.2) is 16.4 Å². The first-order valence-electron chi connectivity index (χ1n) is 13.8. The molecule has 0 aliphatic heterocycles. The predicted molar refractivity (Wildman–Crippen MR) is 151 cm³/mol. The van der Waals surface area contributed by atoms with Crippen LogP contribution in [0.15, 0.2) is 65.4 Å². The average Bonchev–Trinajstić information content (AvgIpc) is 3.58. The van der Waals surface area contributed by atoms with E-state index in [-0.39, 0.29) is 17.2 Å². The fourth-order valence-electron chi connectivity index (χ4n) is 4.54. The Bertz CT molecular complexity index is 974. The quantitative estimate of drug-likeness (QED) is 0.169. The van der Waals surface area contributed by atoms with Gasteiger partial charge in [-0.15, -0.1) is 0 Å². The van der Waals surface area contributed by atoms with Gasteiger partial charge in [0, 0.05) is 31.3 Å². The van der Waals surface area contributed by atoms with Crippen LogP contribution in [0.3, 0.4) is 0 Å². The van der Waals surface area contributed by atoms with Crippen molar-refractivity contribution in [2.75, 3.05) is 0 Å². The number of hydrogen-bond acceptors (Lipinski definition) is 3. The van der Waals surface area contributed by atoms with Gasteiger partial charge in [-0.2, -0.15) is 0 Å². The number of nitrogens with one attached hydrogen (secondary N) is 2. The maximum Gasteiger partial charge on any atom is 0.220 e. The van der Waals surface area contributed by atoms with Crippen LogP contribution in [0.4, 0.5) is 0 Å². The van der Waals surface area contributed by atoms with E-state index in [9.17, 15) is 9.59 Å². The second kappa shape index (κ2) is 16.7. The van der Waals surface area contributed by atoms with E-state index in [4.69, 9.17) is 4.42 Å². The van der Waals surface area contributed by atoms with Crippen LogP contribution in [0, 0.1) is 11.3 Å². The van der Waals surface area contributed by atoms with E-state index in [1.165, 1.54) is 0 Å². The van der Waals surface area contributed by atoms with Crippen LogP contribution in [0.1, 0.15) is 90.5 Å². The zero-order valence-electron chi connectivity index (χ0n) is 23.3. The Balaban J connectivity index is 1.75. The van der Waals surface area contributed by atoms with Crippen LogP contribution >= 0.6 is 0 Å². The summed E-state index contributed by atoms with van der Waals surface area (Å²) in [6.07, 6.45) is 19.1. The van der Waals surface area contributed by atoms with E-state index in [0.29, 0.717) is 31.8 Å². The Morgan fingerprint density at radius 1 is 1.05 bits per heavy atom. The standard InChI is InChI=1S/C31H47N3O3/c1-5-8-14-26(13-6-2)18-19-30(36)32-23-27-15-11-21-34(27)25-31(4,7-3)20-10-9-17-29(35)33-24-28-16-12-22-37-28/h5-6,8,11-13,15-16,21-22,26H,7,9-10,14,17-20,23-25H2,1-4H3,(H,32,36)(H,33,35)/b8-5-,13-6-. The lowest BCUT2D eigenvalue weighted by Gasteiger charge is -2.30. The Hall–Kier alpha value is -3.02. The van der Waals surface area contributed by atoms with Crippen molar-refractivity contribution in [1.82, 2.24) is 15.2 Å². The number of rotatable bonds is 18. The van der Waals surface area contributed by atoms with Crippen molar-refractivity contribution >= 4 is 11.8 Å². The van der Waals surface area contributed by atoms with E-state index < -0.39 is 0 Å². The lowest BCUT2D eigenvalue weighted by molar-refractivity contribution is -0.122. The molecule has 0 saturated carbocycles. The molecule has 2 heterocycles. The molecular formula is C31H47N3O3. The molecule has 2 aromatic rings. The topological polar surface area (TPSA) is 76.3 Å². The lowest BCUT2D eigenvalue weighted by Crippen LogP contribution is -2.27. The Kier molecular flexibility index (Phi) is 13.6. The molecule has 204 valence electrons. The second-order valence-electron chi connectivity index (χ2n) is 10.3. The summed E-state index contributed by atoms with van der Waals surface area (Å²) in [4.78, 5) is 24.6. The molecule has 2 aromatic heterocycles. The molecule has 37 heavy (non-hydrogen) atoms. The van der Waals surface area contributed by atoms with Gasteiger partial charge in [0.25, 0.3) is 0 Å². The summed E-state index contributed by atoms with van der Waals surface area (Å²) in [5.41, 5.74) is 1.26. The first-order chi connectivity index (χ1) is 17.9. The zero-order chi connectivity index (χ0) is 26.9. The van der Waals surface area contributed by atoms with Gasteiger partial charge in [-0.3, -0.25) is 9.59 Å². The van der Waals surface area contributed by atoms with Crippen LogP contribution in [-0.2, 0) is 29.2 Å². The first kappa shape index (κ1) is 30.2. The fourth-order valence-corrected chi connectivity index (χ4v) is 4.54. The van der Waals surface area contributed by atoms with Gasteiger partial charge in [0.2, 0.25) is 11.8 Å². The molecule has 6 nitrogen and oxygen atoms in total. The van der Waals surface area contributed by atoms with Crippen LogP contribution in [0.2, 0.25) is 0 Å². The summed E-state index contributed by atoms with van der Waals surface area (Å²) >= 11 is 0. The fraction of sp³-hybridized carbons (Fsp3) is 0.548. The maximum absolute atomic E-state index is 12.5. The molecule has 0 spiro atoms. The number of nitrogens with zero attached hydrogens (tertiary/aromatic N) is 1. The minimum atomic E-state index is 0.0666. The van der Waals surface area contributed by atoms with Crippen molar-refractivity contribution in [3.8, 4) is 0 Å². The Labute approximate surface area is 223 Å². The summed E-state index contributed by atoms with van der Waals surface area (Å²) in [6.45, 7) is 10.5. The SMILES string of the molecule is C/C=C\CC(/C=C\C)CCC(=O)NCc1cccn1CC(C)(CC)CCCCC(=O)NCc1ccco1. The number of carbonyl (C=O) groups excluding carboxylic acids is 2. The van der Waals surface area contributed by atoms with Crippen molar-refractivity contribution in [2.45, 2.75) is 98.7 Å². The van der Waals surface area contributed by atoms with Gasteiger partial charge >= 0.3 is 0 Å². The third kappa shape index (κ3) is 11.7. The summed E-state index contributed by atoms with van der Waals surface area (Å²) in [5, 5.41) is 6.03. The largest absolute Gasteiger partial charge is 0.467 e. The number of allylic oxidation sites excluding steroid dienone is 4. The normalized spacial score (nSPS) is 14.2. The highest BCUT2D eigenvalue weighted by molar-refractivity contribution is 5.76. The second-order valence-corrected chi connectivity index (χ2v) is 10.3. The molecule has 2 rings (SSSR count). The molecule has 0 radical (unpaired) electrons. The Morgan fingerprint density at radius 3 is 2.54 bits per heavy atom. The third-order valence-corrected chi connectivity index (χ3v) is 7.15. The van der Waals surface area contributed by atoms with Gasteiger partial charge in [0.15, 0.2) is 0 Å². The average molecular weight is 510 g/mol. The van der Waals surface area contributed by atoms with E-state index in [1.54, 1.807) is 6.26 Å². The minimum Gasteiger partial charge on any atom is -0.467 e. The third-order valence-electron chi connectivity index (χ3n) is 7.15. The molecule has 0 bridgehead atoms. The van der Waals surface area contributed by atoms with Crippen LogP contribution in [0.5, 0.6) is 0 Å². The molecule has 2 atom stereocenters. The number of unbranched alkanes of at least 4 members (excludes halogenated alkanes) is 1. The number of carbonyl (C=O) groups is 2. The minimum absolute atomic E-state index is 0.0666. The summed E-state index contributed by atoms with van der Waals surface area (Å²) in [6, 6.07) is 7.83. The number of hydrogen-bond donors (Lipinski definition) is 2. The maximum atomic E-state index is 12.5. The molecule has 2 amide bonds. The molecule has 0 aliphatic rings. The predicted octanol–water partition coefficient (Wildman–Crippen LogP) is 6.93. The van der Waals surface area contributed by atoms with E-state index in [2.05, 4.69) is 71.7 Å². The van der Waals surface area contributed by atoms with E-state index in [1.807, 2.05) is 26.0 Å². The van der Waals surface area contributed by atoms with Crippen molar-refractivity contribution in [3.63, 3.8) is 0 Å². The van der Waals surface area contributed by atoms with Gasteiger partial charge in [0.05, 0.1) is 19.4 Å². The molecule has 0 saturated heterocycles. The number of amides is 2. The molecule has 6 heteroatoms. The Morgan fingerprint density at radius 2 is 1.84 bits per heavy atom. The molecular weight excluding hydrogens is 462 g/mol. The highest BCUT2D eigenvalue weighted by Crippen LogP contribution is 2.31. The number of aromatic nitrogens is 1. The van der Waals surface area contributed by atoms with Crippen molar-refractivity contribution in [1.29, 1.82) is 0 Å². The highest BCUT2D eigenvalue weighted by Gasteiger charge is 2.23. The van der Waals surface area contributed by atoms with Gasteiger partial charge in [0.1, 0.15) is 5.76 Å². The van der Waals surface area contributed by atoms with E-state index >= 15 is 0 Å².